The second-order valence-corrected chi connectivity index (χ2v) is 9.96. The number of carbonyl (C=O) groups excluding carboxylic acids is 4. The van der Waals surface area contributed by atoms with E-state index in [1.165, 1.54) is 0 Å². The van der Waals surface area contributed by atoms with Crippen LogP contribution in [0.1, 0.15) is 70.9 Å². The van der Waals surface area contributed by atoms with Crippen LogP contribution in [0.2, 0.25) is 0 Å². The molecule has 0 aliphatic carbocycles. The van der Waals surface area contributed by atoms with Gasteiger partial charge in [-0.05, 0) is 31.1 Å². The number of esters is 2. The second kappa shape index (κ2) is 22.0. The molecule has 0 saturated carbocycles. The Labute approximate surface area is 275 Å². The summed E-state index contributed by atoms with van der Waals surface area (Å²) < 4.78 is 9.04. The lowest BCUT2D eigenvalue weighted by Crippen LogP contribution is -2.13. The zero-order valence-electron chi connectivity index (χ0n) is 26.6. The normalized spacial score (nSPS) is 10.7. The first-order chi connectivity index (χ1) is 22.7. The van der Waals surface area contributed by atoms with Crippen molar-refractivity contribution in [1.82, 2.24) is 0 Å². The fraction of sp³-hybridized carbons (Fsp3) is 0.205. The van der Waals surface area contributed by atoms with Gasteiger partial charge < -0.3 is 14.6 Å². The number of carboxylic acids is 1. The van der Waals surface area contributed by atoms with Crippen molar-refractivity contribution in [3.05, 3.63) is 150 Å². The number of hydrogen-bond acceptors (Lipinski definition) is 7. The lowest BCUT2D eigenvalue weighted by molar-refractivity contribution is -0.154. The number of aliphatic carboxylic acids is 1. The van der Waals surface area contributed by atoms with E-state index in [2.05, 4.69) is 9.47 Å². The van der Waals surface area contributed by atoms with Crippen molar-refractivity contribution in [2.45, 2.75) is 39.0 Å². The smallest absolute Gasteiger partial charge is 0.317 e. The number of ketones is 2. The Morgan fingerprint density at radius 1 is 0.617 bits per heavy atom. The molecule has 1 N–H and O–H groups in total. The van der Waals surface area contributed by atoms with Gasteiger partial charge in [-0.15, -0.1) is 0 Å². The van der Waals surface area contributed by atoms with Crippen molar-refractivity contribution in [2.75, 3.05) is 13.2 Å². The van der Waals surface area contributed by atoms with Gasteiger partial charge in [0.2, 0.25) is 0 Å². The van der Waals surface area contributed by atoms with E-state index < -0.39 is 17.9 Å². The number of ether oxygens (including phenoxy) is 2. The predicted molar refractivity (Wildman–Crippen MR) is 181 cm³/mol. The van der Waals surface area contributed by atoms with Gasteiger partial charge in [-0.25, -0.2) is 0 Å². The molecule has 0 aliphatic rings. The van der Waals surface area contributed by atoms with Crippen LogP contribution < -0.4 is 0 Å². The molecule has 4 aromatic carbocycles. The van der Waals surface area contributed by atoms with Gasteiger partial charge in [0, 0.05) is 23.5 Å². The highest BCUT2D eigenvalue weighted by Crippen LogP contribution is 2.25. The van der Waals surface area contributed by atoms with Gasteiger partial charge in [-0.1, -0.05) is 127 Å². The summed E-state index contributed by atoms with van der Waals surface area (Å²) in [6, 6.07) is 37.4. The monoisotopic (exact) mass is 636 g/mol. The van der Waals surface area contributed by atoms with Gasteiger partial charge in [0.05, 0.1) is 19.6 Å². The predicted octanol–water partition coefficient (Wildman–Crippen LogP) is 7.60. The Morgan fingerprint density at radius 2 is 1.06 bits per heavy atom. The van der Waals surface area contributed by atoms with E-state index in [-0.39, 0.29) is 50.0 Å². The van der Waals surface area contributed by atoms with Crippen molar-refractivity contribution < 1.29 is 38.6 Å². The first kappa shape index (κ1) is 37.6. The number of carbonyl (C=O) groups is 5. The minimum absolute atomic E-state index is 0.0271. The maximum absolute atomic E-state index is 12.2. The summed E-state index contributed by atoms with van der Waals surface area (Å²) in [5.74, 6) is -2.25. The molecule has 1 atom stereocenters. The minimum atomic E-state index is -0.889. The lowest BCUT2D eigenvalue weighted by atomic mass is 9.89. The number of Topliss-reactive ketones (excluding diaryl/α,β-unsaturated/α-hetero) is 1. The maximum Gasteiger partial charge on any atom is 0.317 e. The zero-order valence-corrected chi connectivity index (χ0v) is 26.6. The highest BCUT2D eigenvalue weighted by Gasteiger charge is 2.20. The van der Waals surface area contributed by atoms with Gasteiger partial charge in [-0.2, -0.15) is 0 Å². The third-order valence-electron chi connectivity index (χ3n) is 6.40. The molecule has 8 nitrogen and oxygen atoms in total. The van der Waals surface area contributed by atoms with E-state index in [1.54, 1.807) is 32.1 Å². The molecule has 0 fully saturated rings. The minimum Gasteiger partial charge on any atom is -0.481 e. The number of benzene rings is 4. The van der Waals surface area contributed by atoms with E-state index in [1.807, 2.05) is 115 Å². The third-order valence-corrected chi connectivity index (χ3v) is 6.40. The van der Waals surface area contributed by atoms with Crippen molar-refractivity contribution in [1.29, 1.82) is 0 Å². The summed E-state index contributed by atoms with van der Waals surface area (Å²) >= 11 is 0. The van der Waals surface area contributed by atoms with E-state index in [9.17, 15) is 24.0 Å². The van der Waals surface area contributed by atoms with Crippen LogP contribution in [0.25, 0.3) is 6.08 Å². The molecule has 4 rings (SSSR count). The quantitative estimate of drug-likeness (QED) is 0.0689. The first-order valence-corrected chi connectivity index (χ1v) is 15.2. The Balaban J connectivity index is 0.000000257. The van der Waals surface area contributed by atoms with Gasteiger partial charge >= 0.3 is 17.9 Å². The molecule has 0 spiro atoms. The van der Waals surface area contributed by atoms with Crippen LogP contribution in [0.5, 0.6) is 0 Å². The molecular formula is C39H40O8. The molecule has 0 bridgehead atoms. The average molecular weight is 637 g/mol. The summed E-state index contributed by atoms with van der Waals surface area (Å²) in [5.41, 5.74) is 3.26. The fourth-order valence-electron chi connectivity index (χ4n) is 4.19. The maximum atomic E-state index is 12.2. The Hall–Kier alpha value is -5.63. The summed E-state index contributed by atoms with van der Waals surface area (Å²) in [4.78, 5) is 56.1. The van der Waals surface area contributed by atoms with Crippen molar-refractivity contribution in [3.8, 4) is 0 Å². The number of carboxylic acid groups (broad SMARTS) is 1. The SMILES string of the molecule is CCOC(=O)CC(=O)OCC.O=C(/C=C/c1ccccc1)c1ccccc1.O=C(O)CC(CC(=O)c1ccccc1)c1ccccc1. The van der Waals surface area contributed by atoms with Crippen molar-refractivity contribution in [2.24, 2.45) is 0 Å². The summed E-state index contributed by atoms with van der Waals surface area (Å²) in [6.07, 6.45) is 3.31. The standard InChI is InChI=1S/C17H16O3.C15H12O.C7H12O4/c18-16(14-9-5-2-6-10-14)11-15(12-17(19)20)13-7-3-1-4-8-13;16-15(14-9-5-2-6-10-14)12-11-13-7-3-1-4-8-13;1-3-10-6(8)5-7(9)11-4-2/h1-10,15H,11-12H2,(H,19,20);1-12H;3-5H2,1-2H3/b;12-11+;. The van der Waals surface area contributed by atoms with E-state index in [0.29, 0.717) is 5.56 Å². The van der Waals surface area contributed by atoms with Crippen LogP contribution in [-0.4, -0.2) is 47.8 Å². The largest absolute Gasteiger partial charge is 0.481 e. The van der Waals surface area contributed by atoms with Crippen LogP contribution >= 0.6 is 0 Å². The highest BCUT2D eigenvalue weighted by atomic mass is 16.6. The summed E-state index contributed by atoms with van der Waals surface area (Å²) in [6.45, 7) is 3.95. The number of allylic oxidation sites excluding steroid dienone is 1. The van der Waals surface area contributed by atoms with E-state index >= 15 is 0 Å². The number of rotatable bonds is 13. The average Bonchev–Trinajstić information content (AvgIpc) is 3.09. The molecule has 1 unspecified atom stereocenters. The fourth-order valence-corrected chi connectivity index (χ4v) is 4.19. The zero-order chi connectivity index (χ0) is 34.3. The molecule has 244 valence electrons. The molecular weight excluding hydrogens is 596 g/mol. The molecule has 47 heavy (non-hydrogen) atoms. The molecule has 0 heterocycles. The summed E-state index contributed by atoms with van der Waals surface area (Å²) in [7, 11) is 0. The Kier molecular flexibility index (Phi) is 17.6. The summed E-state index contributed by atoms with van der Waals surface area (Å²) in [5, 5.41) is 9.02. The van der Waals surface area contributed by atoms with Crippen molar-refractivity contribution in [3.63, 3.8) is 0 Å². The van der Waals surface area contributed by atoms with Crippen LogP contribution in [0, 0.1) is 0 Å². The molecule has 4 aromatic rings. The molecule has 8 heteroatoms. The van der Waals surface area contributed by atoms with Crippen LogP contribution in [-0.2, 0) is 23.9 Å². The second-order valence-electron chi connectivity index (χ2n) is 9.96. The van der Waals surface area contributed by atoms with Crippen LogP contribution in [0.15, 0.2) is 127 Å². The van der Waals surface area contributed by atoms with E-state index in [0.717, 1.165) is 16.7 Å². The van der Waals surface area contributed by atoms with Gasteiger partial charge in [0.25, 0.3) is 0 Å². The highest BCUT2D eigenvalue weighted by molar-refractivity contribution is 6.06. The third kappa shape index (κ3) is 15.8. The van der Waals surface area contributed by atoms with Crippen molar-refractivity contribution >= 4 is 35.6 Å². The molecule has 0 aliphatic heterocycles. The van der Waals surface area contributed by atoms with Gasteiger partial charge in [0.15, 0.2) is 11.6 Å². The molecule has 0 radical (unpaired) electrons. The first-order valence-electron chi connectivity index (χ1n) is 15.2. The Bertz CT molecular complexity index is 1530. The van der Waals surface area contributed by atoms with Crippen LogP contribution in [0.4, 0.5) is 0 Å². The number of hydrogen-bond donors (Lipinski definition) is 1. The van der Waals surface area contributed by atoms with Gasteiger partial charge in [0.1, 0.15) is 6.42 Å². The van der Waals surface area contributed by atoms with E-state index in [4.69, 9.17) is 5.11 Å². The van der Waals surface area contributed by atoms with Crippen LogP contribution in [0.3, 0.4) is 0 Å². The topological polar surface area (TPSA) is 124 Å². The lowest BCUT2D eigenvalue weighted by Gasteiger charge is -2.14. The molecule has 0 amide bonds. The molecule has 0 aromatic heterocycles. The molecule has 0 saturated heterocycles. The Morgan fingerprint density at radius 3 is 1.53 bits per heavy atom. The van der Waals surface area contributed by atoms with Gasteiger partial charge in [-0.3, -0.25) is 24.0 Å².